The third-order valence-electron chi connectivity index (χ3n) is 5.03. The summed E-state index contributed by atoms with van der Waals surface area (Å²) in [4.78, 5) is 12.6. The van der Waals surface area contributed by atoms with Gasteiger partial charge in [-0.15, -0.1) is 12.4 Å². The lowest BCUT2D eigenvalue weighted by atomic mass is 9.97. The number of carbonyl (C=O) groups excluding carboxylic acids is 1. The standard InChI is InChI=1S/C18H27N3O3S.ClH/c22-18(16-7-9-19-10-8-16)20-14-15-5-4-6-17(13-15)25(23,24)21-11-2-1-3-12-21;/h4-6,13,16,19H,1-3,7-12,14H2,(H,20,22);1H. The minimum absolute atomic E-state index is 0. The molecule has 1 amide bonds. The molecule has 2 fully saturated rings. The largest absolute Gasteiger partial charge is 0.352 e. The molecule has 0 saturated carbocycles. The van der Waals surface area contributed by atoms with E-state index in [0.717, 1.165) is 50.8 Å². The van der Waals surface area contributed by atoms with Crippen LogP contribution >= 0.6 is 12.4 Å². The van der Waals surface area contributed by atoms with Crippen LogP contribution in [-0.2, 0) is 21.4 Å². The molecule has 0 bridgehead atoms. The summed E-state index contributed by atoms with van der Waals surface area (Å²) in [7, 11) is -3.43. The maximum Gasteiger partial charge on any atom is 0.243 e. The van der Waals surface area contributed by atoms with Crippen molar-refractivity contribution in [2.45, 2.75) is 43.5 Å². The SMILES string of the molecule is Cl.O=C(NCc1cccc(S(=O)(=O)N2CCCCC2)c1)C1CCNCC1. The molecule has 2 saturated heterocycles. The van der Waals surface area contributed by atoms with Gasteiger partial charge in [0.2, 0.25) is 15.9 Å². The summed E-state index contributed by atoms with van der Waals surface area (Å²) >= 11 is 0. The monoisotopic (exact) mass is 401 g/mol. The first-order valence-corrected chi connectivity index (χ1v) is 10.6. The number of benzene rings is 1. The van der Waals surface area contributed by atoms with Gasteiger partial charge < -0.3 is 10.6 Å². The summed E-state index contributed by atoms with van der Waals surface area (Å²) in [6, 6.07) is 6.94. The fraction of sp³-hybridized carbons (Fsp3) is 0.611. The average Bonchev–Trinajstić information content (AvgIpc) is 2.67. The quantitative estimate of drug-likeness (QED) is 0.789. The van der Waals surface area contributed by atoms with Gasteiger partial charge in [0.05, 0.1) is 4.90 Å². The fourth-order valence-electron chi connectivity index (χ4n) is 3.49. The van der Waals surface area contributed by atoms with E-state index < -0.39 is 10.0 Å². The molecule has 0 radical (unpaired) electrons. The Labute approximate surface area is 162 Å². The number of hydrogen-bond acceptors (Lipinski definition) is 4. The molecule has 0 aromatic heterocycles. The van der Waals surface area contributed by atoms with E-state index in [1.54, 1.807) is 22.5 Å². The molecule has 1 aromatic rings. The van der Waals surface area contributed by atoms with Crippen molar-refractivity contribution in [2.75, 3.05) is 26.2 Å². The van der Waals surface area contributed by atoms with Crippen molar-refractivity contribution in [1.82, 2.24) is 14.9 Å². The van der Waals surface area contributed by atoms with Crippen LogP contribution in [0.25, 0.3) is 0 Å². The molecule has 1 aromatic carbocycles. The van der Waals surface area contributed by atoms with Crippen LogP contribution in [0.1, 0.15) is 37.7 Å². The summed E-state index contributed by atoms with van der Waals surface area (Å²) in [5, 5.41) is 6.20. The van der Waals surface area contributed by atoms with Gasteiger partial charge in [0, 0.05) is 25.6 Å². The first-order valence-electron chi connectivity index (χ1n) is 9.15. The van der Waals surface area contributed by atoms with Crippen LogP contribution in [0, 0.1) is 5.92 Å². The van der Waals surface area contributed by atoms with Crippen molar-refractivity contribution in [3.8, 4) is 0 Å². The number of rotatable bonds is 5. The summed E-state index contributed by atoms with van der Waals surface area (Å²) in [6.07, 6.45) is 4.65. The Morgan fingerprint density at radius 3 is 2.54 bits per heavy atom. The van der Waals surface area contributed by atoms with Crippen molar-refractivity contribution in [2.24, 2.45) is 5.92 Å². The fourth-order valence-corrected chi connectivity index (χ4v) is 5.08. The highest BCUT2D eigenvalue weighted by molar-refractivity contribution is 7.89. The van der Waals surface area contributed by atoms with Gasteiger partial charge in [0.15, 0.2) is 0 Å². The van der Waals surface area contributed by atoms with Crippen LogP contribution in [0.15, 0.2) is 29.2 Å². The first-order chi connectivity index (χ1) is 12.1. The van der Waals surface area contributed by atoms with E-state index in [2.05, 4.69) is 10.6 Å². The molecule has 8 heteroatoms. The highest BCUT2D eigenvalue weighted by Gasteiger charge is 2.26. The number of carbonyl (C=O) groups is 1. The van der Waals surface area contributed by atoms with E-state index in [0.29, 0.717) is 24.5 Å². The van der Waals surface area contributed by atoms with Gasteiger partial charge in [0.1, 0.15) is 0 Å². The third kappa shape index (κ3) is 5.19. The van der Waals surface area contributed by atoms with Gasteiger partial charge in [0.25, 0.3) is 0 Å². The van der Waals surface area contributed by atoms with Gasteiger partial charge in [-0.05, 0) is 56.5 Å². The smallest absolute Gasteiger partial charge is 0.243 e. The Bertz CT molecular complexity index is 699. The highest BCUT2D eigenvalue weighted by atomic mass is 35.5. The Morgan fingerprint density at radius 2 is 1.85 bits per heavy atom. The summed E-state index contributed by atoms with van der Waals surface area (Å²) in [5.74, 6) is 0.118. The molecular weight excluding hydrogens is 374 g/mol. The van der Waals surface area contributed by atoms with Crippen LogP contribution < -0.4 is 10.6 Å². The molecule has 2 heterocycles. The maximum atomic E-state index is 12.8. The van der Waals surface area contributed by atoms with Crippen LogP contribution in [0.2, 0.25) is 0 Å². The molecule has 26 heavy (non-hydrogen) atoms. The van der Waals surface area contributed by atoms with Crippen LogP contribution in [-0.4, -0.2) is 44.8 Å². The van der Waals surface area contributed by atoms with E-state index in [4.69, 9.17) is 0 Å². The lowest BCUT2D eigenvalue weighted by Crippen LogP contribution is -2.38. The van der Waals surface area contributed by atoms with E-state index in [9.17, 15) is 13.2 Å². The number of nitrogens with one attached hydrogen (secondary N) is 2. The van der Waals surface area contributed by atoms with E-state index in [-0.39, 0.29) is 24.2 Å². The first kappa shape index (κ1) is 21.2. The van der Waals surface area contributed by atoms with Gasteiger partial charge >= 0.3 is 0 Å². The number of sulfonamides is 1. The molecule has 3 rings (SSSR count). The zero-order chi connectivity index (χ0) is 17.7. The third-order valence-corrected chi connectivity index (χ3v) is 6.92. The molecule has 2 aliphatic heterocycles. The lowest BCUT2D eigenvalue weighted by Gasteiger charge is -2.26. The van der Waals surface area contributed by atoms with Crippen molar-refractivity contribution >= 4 is 28.3 Å². The molecular formula is C18H28ClN3O3S. The second kappa shape index (κ2) is 9.69. The average molecular weight is 402 g/mol. The molecule has 2 N–H and O–H groups in total. The van der Waals surface area contributed by atoms with E-state index in [1.165, 1.54) is 0 Å². The zero-order valence-electron chi connectivity index (χ0n) is 14.9. The predicted molar refractivity (Wildman–Crippen MR) is 104 cm³/mol. The van der Waals surface area contributed by atoms with Gasteiger partial charge in [-0.25, -0.2) is 8.42 Å². The van der Waals surface area contributed by atoms with Crippen LogP contribution in [0.4, 0.5) is 0 Å². The predicted octanol–water partition coefficient (Wildman–Crippen LogP) is 1.90. The molecule has 0 atom stereocenters. The van der Waals surface area contributed by atoms with Gasteiger partial charge in [-0.1, -0.05) is 18.6 Å². The van der Waals surface area contributed by atoms with Crippen LogP contribution in [0.5, 0.6) is 0 Å². The molecule has 2 aliphatic rings. The molecule has 6 nitrogen and oxygen atoms in total. The Balaban J connectivity index is 0.00000243. The molecule has 146 valence electrons. The second-order valence-electron chi connectivity index (χ2n) is 6.85. The van der Waals surface area contributed by atoms with Crippen LogP contribution in [0.3, 0.4) is 0 Å². The normalized spacial score (nSPS) is 19.5. The highest BCUT2D eigenvalue weighted by Crippen LogP contribution is 2.21. The van der Waals surface area contributed by atoms with Gasteiger partial charge in [-0.3, -0.25) is 4.79 Å². The lowest BCUT2D eigenvalue weighted by molar-refractivity contribution is -0.125. The van der Waals surface area contributed by atoms with E-state index in [1.807, 2.05) is 6.07 Å². The maximum absolute atomic E-state index is 12.8. The number of hydrogen-bond donors (Lipinski definition) is 2. The second-order valence-corrected chi connectivity index (χ2v) is 8.79. The van der Waals surface area contributed by atoms with E-state index >= 15 is 0 Å². The summed E-state index contributed by atoms with van der Waals surface area (Å²) < 4.78 is 27.1. The Morgan fingerprint density at radius 1 is 1.15 bits per heavy atom. The molecule has 0 aliphatic carbocycles. The molecule has 0 spiro atoms. The van der Waals surface area contributed by atoms with Crippen molar-refractivity contribution in [3.63, 3.8) is 0 Å². The summed E-state index contributed by atoms with van der Waals surface area (Å²) in [5.41, 5.74) is 0.820. The van der Waals surface area contributed by atoms with Crippen molar-refractivity contribution in [3.05, 3.63) is 29.8 Å². The number of nitrogens with zero attached hydrogens (tertiary/aromatic N) is 1. The molecule has 0 unspecified atom stereocenters. The number of piperidine rings is 2. The Kier molecular flexibility index (Phi) is 7.88. The number of halogens is 1. The minimum Gasteiger partial charge on any atom is -0.352 e. The zero-order valence-corrected chi connectivity index (χ0v) is 16.6. The Hall–Kier alpha value is -1.15. The van der Waals surface area contributed by atoms with Crippen molar-refractivity contribution in [1.29, 1.82) is 0 Å². The number of amides is 1. The van der Waals surface area contributed by atoms with Crippen molar-refractivity contribution < 1.29 is 13.2 Å². The summed E-state index contributed by atoms with van der Waals surface area (Å²) in [6.45, 7) is 3.31. The topological polar surface area (TPSA) is 78.5 Å². The minimum atomic E-state index is -3.43. The van der Waals surface area contributed by atoms with Gasteiger partial charge in [-0.2, -0.15) is 4.31 Å².